The number of phenolic OH excluding ortho intramolecular Hbond substituents is 1. The summed E-state index contributed by atoms with van der Waals surface area (Å²) in [6, 6.07) is 21.4. The van der Waals surface area contributed by atoms with E-state index in [0.29, 0.717) is 42.0 Å². The van der Waals surface area contributed by atoms with Crippen LogP contribution in [0, 0.1) is 5.92 Å². The minimum absolute atomic E-state index is 0.0113. The Labute approximate surface area is 255 Å². The molecule has 3 aromatic rings. The largest absolute Gasteiger partial charge is 0.508 e. The Balaban J connectivity index is 1.12. The number of anilines is 1. The van der Waals surface area contributed by atoms with Crippen molar-refractivity contribution in [2.24, 2.45) is 5.92 Å². The first-order valence-electron chi connectivity index (χ1n) is 14.5. The van der Waals surface area contributed by atoms with Crippen LogP contribution in [0.25, 0.3) is 0 Å². The lowest BCUT2D eigenvalue weighted by atomic mass is 9.99. The molecule has 0 bridgehead atoms. The molecule has 1 amide bonds. The average Bonchev–Trinajstić information content (AvgIpc) is 3.29. The molecule has 1 fully saturated rings. The van der Waals surface area contributed by atoms with E-state index in [1.54, 1.807) is 36.4 Å². The summed E-state index contributed by atoms with van der Waals surface area (Å²) < 4.78 is 16.6. The van der Waals surface area contributed by atoms with Crippen LogP contribution in [-0.4, -0.2) is 64.5 Å². The SMILES string of the molecule is O=C(CCC/C=C\C[C@H]1C(=O)C[C@H](O)[C@H]1OC[C@@H](O)COc1ccccc1)Oc1ccc(NC(=O)c2ccc(O)cc2)cc1. The highest BCUT2D eigenvalue weighted by Gasteiger charge is 2.41. The molecular weight excluding hydrogens is 566 g/mol. The zero-order chi connectivity index (χ0) is 31.3. The van der Waals surface area contributed by atoms with E-state index in [4.69, 9.17) is 14.2 Å². The number of benzene rings is 3. The summed E-state index contributed by atoms with van der Waals surface area (Å²) in [4.78, 5) is 37.0. The number of phenols is 1. The van der Waals surface area contributed by atoms with Gasteiger partial charge in [-0.05, 0) is 79.9 Å². The lowest BCUT2D eigenvalue weighted by molar-refractivity contribution is -0.134. The van der Waals surface area contributed by atoms with Gasteiger partial charge in [-0.2, -0.15) is 0 Å². The van der Waals surface area contributed by atoms with Gasteiger partial charge in [-0.3, -0.25) is 14.4 Å². The summed E-state index contributed by atoms with van der Waals surface area (Å²) in [5.41, 5.74) is 0.927. The monoisotopic (exact) mass is 603 g/mol. The van der Waals surface area contributed by atoms with Crippen molar-refractivity contribution in [2.75, 3.05) is 18.5 Å². The summed E-state index contributed by atoms with van der Waals surface area (Å²) in [6.07, 6.45) is 2.92. The lowest BCUT2D eigenvalue weighted by Gasteiger charge is -2.22. The number of ketones is 1. The van der Waals surface area contributed by atoms with Gasteiger partial charge in [0.2, 0.25) is 0 Å². The molecule has 0 aliphatic heterocycles. The number of aliphatic hydroxyl groups is 2. The van der Waals surface area contributed by atoms with Gasteiger partial charge in [0.25, 0.3) is 5.91 Å². The van der Waals surface area contributed by atoms with Gasteiger partial charge in [0.1, 0.15) is 35.7 Å². The van der Waals surface area contributed by atoms with Crippen LogP contribution in [0.1, 0.15) is 42.5 Å². The molecule has 44 heavy (non-hydrogen) atoms. The van der Waals surface area contributed by atoms with Crippen molar-refractivity contribution >= 4 is 23.3 Å². The number of Topliss-reactive ketones (excluding diaryl/α,β-unsaturated/α-hetero) is 1. The van der Waals surface area contributed by atoms with Gasteiger partial charge in [-0.1, -0.05) is 30.4 Å². The summed E-state index contributed by atoms with van der Waals surface area (Å²) in [5.74, 6) is -0.264. The molecule has 4 N–H and O–H groups in total. The second-order valence-corrected chi connectivity index (χ2v) is 10.5. The van der Waals surface area contributed by atoms with E-state index in [1.165, 1.54) is 24.3 Å². The second-order valence-electron chi connectivity index (χ2n) is 10.5. The van der Waals surface area contributed by atoms with Crippen LogP contribution >= 0.6 is 0 Å². The van der Waals surface area contributed by atoms with Crippen molar-refractivity contribution in [1.29, 1.82) is 0 Å². The topological polar surface area (TPSA) is 152 Å². The van der Waals surface area contributed by atoms with Crippen LogP contribution < -0.4 is 14.8 Å². The van der Waals surface area contributed by atoms with Gasteiger partial charge in [-0.15, -0.1) is 0 Å². The van der Waals surface area contributed by atoms with E-state index in [2.05, 4.69) is 5.32 Å². The highest BCUT2D eigenvalue weighted by atomic mass is 16.5. The Hall–Kier alpha value is -4.51. The van der Waals surface area contributed by atoms with Crippen molar-refractivity contribution in [3.05, 3.63) is 96.6 Å². The van der Waals surface area contributed by atoms with E-state index in [0.717, 1.165) is 0 Å². The zero-order valence-electron chi connectivity index (χ0n) is 24.2. The highest BCUT2D eigenvalue weighted by Crippen LogP contribution is 2.29. The Bertz CT molecular complexity index is 1390. The lowest BCUT2D eigenvalue weighted by Crippen LogP contribution is -2.34. The molecule has 0 saturated heterocycles. The molecule has 4 atom stereocenters. The quantitative estimate of drug-likeness (QED) is 0.0855. The number of aliphatic hydroxyl groups excluding tert-OH is 2. The smallest absolute Gasteiger partial charge is 0.311 e. The Morgan fingerprint density at radius 1 is 0.932 bits per heavy atom. The van der Waals surface area contributed by atoms with Crippen molar-refractivity contribution in [3.8, 4) is 17.2 Å². The Morgan fingerprint density at radius 2 is 1.66 bits per heavy atom. The number of carbonyl (C=O) groups excluding carboxylic acids is 3. The van der Waals surface area contributed by atoms with Gasteiger partial charge < -0.3 is 34.8 Å². The van der Waals surface area contributed by atoms with Gasteiger partial charge in [0.05, 0.1) is 18.8 Å². The van der Waals surface area contributed by atoms with E-state index in [-0.39, 0.29) is 43.5 Å². The normalized spacial score (nSPS) is 18.7. The van der Waals surface area contributed by atoms with Crippen LogP contribution in [0.15, 0.2) is 91.0 Å². The van der Waals surface area contributed by atoms with Crippen LogP contribution in [0.2, 0.25) is 0 Å². The summed E-state index contributed by atoms with van der Waals surface area (Å²) in [6.45, 7) is -0.0409. The van der Waals surface area contributed by atoms with Crippen molar-refractivity contribution in [2.45, 2.75) is 50.4 Å². The number of para-hydroxylation sites is 1. The first-order chi connectivity index (χ1) is 21.3. The molecule has 1 aliphatic rings. The molecule has 0 spiro atoms. The van der Waals surface area contributed by atoms with Crippen molar-refractivity contribution in [3.63, 3.8) is 0 Å². The molecule has 10 heteroatoms. The fourth-order valence-corrected chi connectivity index (χ4v) is 4.73. The Kier molecular flexibility index (Phi) is 12.1. The fourth-order valence-electron chi connectivity index (χ4n) is 4.73. The molecule has 3 aromatic carbocycles. The molecule has 0 unspecified atom stereocenters. The fraction of sp³-hybridized carbons (Fsp3) is 0.324. The van der Waals surface area contributed by atoms with Gasteiger partial charge in [0.15, 0.2) is 0 Å². The molecule has 4 rings (SSSR count). The number of unbranched alkanes of at least 4 members (excludes halogenated alkanes) is 1. The molecule has 1 saturated carbocycles. The van der Waals surface area contributed by atoms with Crippen LogP contribution in [0.4, 0.5) is 5.69 Å². The molecule has 10 nitrogen and oxygen atoms in total. The summed E-state index contributed by atoms with van der Waals surface area (Å²) in [7, 11) is 0. The van der Waals surface area contributed by atoms with E-state index in [9.17, 15) is 29.7 Å². The molecule has 0 aromatic heterocycles. The van der Waals surface area contributed by atoms with Gasteiger partial charge in [-0.25, -0.2) is 0 Å². The van der Waals surface area contributed by atoms with E-state index < -0.39 is 30.2 Å². The van der Waals surface area contributed by atoms with Crippen molar-refractivity contribution in [1.82, 2.24) is 0 Å². The van der Waals surface area contributed by atoms with Gasteiger partial charge in [0, 0.05) is 30.0 Å². The van der Waals surface area contributed by atoms with Crippen molar-refractivity contribution < 1.29 is 43.9 Å². The zero-order valence-corrected chi connectivity index (χ0v) is 24.2. The number of aromatic hydroxyl groups is 1. The van der Waals surface area contributed by atoms with E-state index >= 15 is 0 Å². The maximum absolute atomic E-state index is 12.4. The van der Waals surface area contributed by atoms with E-state index in [1.807, 2.05) is 30.4 Å². The maximum Gasteiger partial charge on any atom is 0.311 e. The second kappa shape index (κ2) is 16.4. The summed E-state index contributed by atoms with van der Waals surface area (Å²) >= 11 is 0. The highest BCUT2D eigenvalue weighted by molar-refractivity contribution is 6.04. The number of ether oxygens (including phenoxy) is 3. The average molecular weight is 604 g/mol. The third kappa shape index (κ3) is 10.0. The molecule has 232 valence electrons. The number of esters is 1. The van der Waals surface area contributed by atoms with Crippen LogP contribution in [0.5, 0.6) is 17.2 Å². The minimum atomic E-state index is -0.928. The first kappa shape index (κ1) is 32.4. The standard InChI is InChI=1S/C34H37NO9/c36-25-16-12-23(13-17-25)34(41)35-24-14-18-28(19-15-24)44-32(40)11-7-2-1-6-10-29-30(38)20-31(39)33(29)43-22-26(37)21-42-27-8-4-3-5-9-27/h1,3-6,8-9,12-19,26,29,31,33,36-37,39H,2,7,10-11,20-22H2,(H,35,41)/b6-1-/t26-,29-,31-,33-/m0/s1. The number of nitrogens with one attached hydrogen (secondary N) is 1. The predicted octanol–water partition coefficient (Wildman–Crippen LogP) is 4.44. The third-order valence-corrected chi connectivity index (χ3v) is 7.05. The number of carbonyl (C=O) groups is 3. The number of hydrogen-bond acceptors (Lipinski definition) is 9. The Morgan fingerprint density at radius 3 is 2.39 bits per heavy atom. The molecule has 0 heterocycles. The molecule has 0 radical (unpaired) electrons. The van der Waals surface area contributed by atoms with Gasteiger partial charge >= 0.3 is 5.97 Å². The number of hydrogen-bond donors (Lipinski definition) is 4. The maximum atomic E-state index is 12.4. The number of allylic oxidation sites excluding steroid dienone is 2. The molecular formula is C34H37NO9. The molecule has 1 aliphatic carbocycles. The predicted molar refractivity (Wildman–Crippen MR) is 163 cm³/mol. The van der Waals surface area contributed by atoms with Crippen LogP contribution in [-0.2, 0) is 14.3 Å². The third-order valence-electron chi connectivity index (χ3n) is 7.05. The number of amides is 1. The minimum Gasteiger partial charge on any atom is -0.508 e. The number of rotatable bonds is 15. The summed E-state index contributed by atoms with van der Waals surface area (Å²) in [5, 5.41) is 32.6. The van der Waals surface area contributed by atoms with Crippen LogP contribution in [0.3, 0.4) is 0 Å². The first-order valence-corrected chi connectivity index (χ1v) is 14.5.